The fourth-order valence-electron chi connectivity index (χ4n) is 2.05. The van der Waals surface area contributed by atoms with Crippen LogP contribution < -0.4 is 9.47 Å². The van der Waals surface area contributed by atoms with Crippen LogP contribution in [-0.4, -0.2) is 30.7 Å². The topological polar surface area (TPSA) is 38.8 Å². The van der Waals surface area contributed by atoms with Crippen LogP contribution in [0.15, 0.2) is 12.1 Å². The van der Waals surface area contributed by atoms with E-state index in [1.54, 1.807) is 4.90 Å². The Bertz CT molecular complexity index is 563. The normalized spacial score (nSPS) is 14.4. The number of terminal acetylenes is 1. The predicted octanol–water partition coefficient (Wildman–Crippen LogP) is 3.99. The van der Waals surface area contributed by atoms with Crippen molar-refractivity contribution in [2.45, 2.75) is 19.3 Å². The molecule has 1 aromatic rings. The van der Waals surface area contributed by atoms with Crippen molar-refractivity contribution in [3.8, 4) is 23.8 Å². The molecule has 1 aliphatic rings. The Morgan fingerprint density at radius 2 is 1.86 bits per heavy atom. The first-order valence-electron chi connectivity index (χ1n) is 6.64. The molecule has 1 aromatic carbocycles. The second kappa shape index (κ2) is 7.44. The zero-order valence-electron chi connectivity index (χ0n) is 11.4. The molecule has 6 heteroatoms. The van der Waals surface area contributed by atoms with Gasteiger partial charge in [-0.1, -0.05) is 29.1 Å². The Balaban J connectivity index is 2.11. The van der Waals surface area contributed by atoms with Crippen LogP contribution in [0, 0.1) is 12.3 Å². The molecule has 1 heterocycles. The maximum absolute atomic E-state index is 12.1. The molecule has 0 radical (unpaired) electrons. The summed E-state index contributed by atoms with van der Waals surface area (Å²) < 4.78 is 10.6. The van der Waals surface area contributed by atoms with E-state index < -0.39 is 6.09 Å². The Morgan fingerprint density at radius 1 is 1.19 bits per heavy atom. The van der Waals surface area contributed by atoms with Gasteiger partial charge in [0.1, 0.15) is 12.4 Å². The highest BCUT2D eigenvalue weighted by Gasteiger charge is 2.20. The van der Waals surface area contributed by atoms with E-state index in [0.717, 1.165) is 19.3 Å². The van der Waals surface area contributed by atoms with Gasteiger partial charge in [-0.15, -0.1) is 6.42 Å². The highest BCUT2D eigenvalue weighted by molar-refractivity contribution is 6.36. The van der Waals surface area contributed by atoms with Crippen LogP contribution in [0.3, 0.4) is 0 Å². The van der Waals surface area contributed by atoms with Crippen LogP contribution >= 0.6 is 23.2 Å². The van der Waals surface area contributed by atoms with Gasteiger partial charge in [-0.25, -0.2) is 4.79 Å². The van der Waals surface area contributed by atoms with Crippen molar-refractivity contribution >= 4 is 29.3 Å². The zero-order valence-corrected chi connectivity index (χ0v) is 12.9. The first kappa shape index (κ1) is 15.8. The summed E-state index contributed by atoms with van der Waals surface area (Å²) in [6.07, 6.45) is 7.83. The Hall–Kier alpha value is -1.57. The van der Waals surface area contributed by atoms with E-state index in [9.17, 15) is 4.79 Å². The van der Waals surface area contributed by atoms with Crippen LogP contribution in [0.2, 0.25) is 10.0 Å². The smallest absolute Gasteiger partial charge is 0.415 e. The Kier molecular flexibility index (Phi) is 5.60. The number of hydrogen-bond acceptors (Lipinski definition) is 3. The van der Waals surface area contributed by atoms with Crippen LogP contribution in [-0.2, 0) is 0 Å². The molecule has 1 fully saturated rings. The molecule has 0 aromatic heterocycles. The van der Waals surface area contributed by atoms with Crippen molar-refractivity contribution in [3.05, 3.63) is 22.2 Å². The average molecular weight is 328 g/mol. The first-order valence-corrected chi connectivity index (χ1v) is 7.39. The molecule has 21 heavy (non-hydrogen) atoms. The molecule has 0 saturated carbocycles. The van der Waals surface area contributed by atoms with Gasteiger partial charge in [0.2, 0.25) is 0 Å². The molecule has 1 amide bonds. The summed E-state index contributed by atoms with van der Waals surface area (Å²) in [7, 11) is 0. The maximum atomic E-state index is 12.1. The Morgan fingerprint density at radius 3 is 2.52 bits per heavy atom. The quantitative estimate of drug-likeness (QED) is 0.788. The van der Waals surface area contributed by atoms with E-state index in [0.29, 0.717) is 23.9 Å². The summed E-state index contributed by atoms with van der Waals surface area (Å²) in [6, 6.07) is 2.94. The van der Waals surface area contributed by atoms with Crippen molar-refractivity contribution in [1.82, 2.24) is 4.90 Å². The average Bonchev–Trinajstić information content (AvgIpc) is 2.49. The summed E-state index contributed by atoms with van der Waals surface area (Å²) in [5, 5.41) is 0.562. The van der Waals surface area contributed by atoms with Gasteiger partial charge in [0.05, 0.1) is 10.0 Å². The predicted molar refractivity (Wildman–Crippen MR) is 82.2 cm³/mol. The van der Waals surface area contributed by atoms with Crippen LogP contribution in [0.25, 0.3) is 0 Å². The van der Waals surface area contributed by atoms with Gasteiger partial charge in [-0.3, -0.25) is 0 Å². The van der Waals surface area contributed by atoms with Gasteiger partial charge >= 0.3 is 6.09 Å². The van der Waals surface area contributed by atoms with E-state index in [4.69, 9.17) is 39.1 Å². The number of halogens is 2. The van der Waals surface area contributed by atoms with Crippen molar-refractivity contribution in [2.24, 2.45) is 0 Å². The summed E-state index contributed by atoms with van der Waals surface area (Å²) in [6.45, 7) is 1.47. The van der Waals surface area contributed by atoms with Gasteiger partial charge in [-0.2, -0.15) is 0 Å². The number of carbonyl (C=O) groups is 1. The largest absolute Gasteiger partial charge is 0.479 e. The minimum Gasteiger partial charge on any atom is -0.479 e. The number of benzene rings is 1. The molecule has 0 N–H and O–H groups in total. The standard InChI is InChI=1S/C15H15Cl2NO3/c1-2-8-20-13-10-14(12(17)9-11(13)16)21-15(19)18-6-4-3-5-7-18/h1,9-10H,3-8H2. The third kappa shape index (κ3) is 4.20. The van der Waals surface area contributed by atoms with E-state index in [-0.39, 0.29) is 17.4 Å². The summed E-state index contributed by atoms with van der Waals surface area (Å²) in [5.74, 6) is 2.89. The maximum Gasteiger partial charge on any atom is 0.415 e. The molecule has 4 nitrogen and oxygen atoms in total. The first-order chi connectivity index (χ1) is 10.1. The van der Waals surface area contributed by atoms with E-state index in [1.165, 1.54) is 12.1 Å². The van der Waals surface area contributed by atoms with Crippen molar-refractivity contribution in [3.63, 3.8) is 0 Å². The summed E-state index contributed by atoms with van der Waals surface area (Å²) >= 11 is 12.0. The second-order valence-electron chi connectivity index (χ2n) is 4.62. The molecular formula is C15H15Cl2NO3. The fourth-order valence-corrected chi connectivity index (χ4v) is 2.53. The molecule has 112 valence electrons. The summed E-state index contributed by atoms with van der Waals surface area (Å²) in [5.41, 5.74) is 0. The van der Waals surface area contributed by atoms with Crippen LogP contribution in [0.5, 0.6) is 11.5 Å². The molecule has 0 bridgehead atoms. The Labute approximate surface area is 133 Å². The molecule has 1 saturated heterocycles. The van der Waals surface area contributed by atoms with E-state index in [2.05, 4.69) is 5.92 Å². The monoisotopic (exact) mass is 327 g/mol. The molecule has 1 aliphatic heterocycles. The number of amides is 1. The molecule has 0 spiro atoms. The minimum atomic E-state index is -0.415. The van der Waals surface area contributed by atoms with Gasteiger partial charge in [0.25, 0.3) is 0 Å². The van der Waals surface area contributed by atoms with Crippen LogP contribution in [0.4, 0.5) is 4.79 Å². The van der Waals surface area contributed by atoms with Crippen molar-refractivity contribution in [2.75, 3.05) is 19.7 Å². The van der Waals surface area contributed by atoms with Gasteiger partial charge in [0.15, 0.2) is 5.75 Å². The van der Waals surface area contributed by atoms with Gasteiger partial charge < -0.3 is 14.4 Å². The number of ether oxygens (including phenoxy) is 2. The zero-order chi connectivity index (χ0) is 15.2. The van der Waals surface area contributed by atoms with E-state index >= 15 is 0 Å². The van der Waals surface area contributed by atoms with Crippen LogP contribution in [0.1, 0.15) is 19.3 Å². The second-order valence-corrected chi connectivity index (χ2v) is 5.44. The number of piperidine rings is 1. The number of likely N-dealkylation sites (tertiary alicyclic amines) is 1. The highest BCUT2D eigenvalue weighted by Crippen LogP contribution is 2.36. The van der Waals surface area contributed by atoms with Gasteiger partial charge in [0, 0.05) is 19.2 Å². The van der Waals surface area contributed by atoms with E-state index in [1.807, 2.05) is 0 Å². The minimum absolute atomic E-state index is 0.0703. The van der Waals surface area contributed by atoms with Gasteiger partial charge in [-0.05, 0) is 25.3 Å². The number of carbonyl (C=O) groups excluding carboxylic acids is 1. The highest BCUT2D eigenvalue weighted by atomic mass is 35.5. The number of rotatable bonds is 3. The lowest BCUT2D eigenvalue weighted by atomic mass is 10.1. The molecule has 0 unspecified atom stereocenters. The SMILES string of the molecule is C#CCOc1cc(OC(=O)N2CCCCC2)c(Cl)cc1Cl. The molecular weight excluding hydrogens is 313 g/mol. The lowest BCUT2D eigenvalue weighted by Gasteiger charge is -2.25. The third-order valence-electron chi connectivity index (χ3n) is 3.11. The molecule has 0 aliphatic carbocycles. The summed E-state index contributed by atoms with van der Waals surface area (Å²) in [4.78, 5) is 13.7. The molecule has 0 atom stereocenters. The van der Waals surface area contributed by atoms with Crippen molar-refractivity contribution < 1.29 is 14.3 Å². The van der Waals surface area contributed by atoms with Crippen molar-refractivity contribution in [1.29, 1.82) is 0 Å². The lowest BCUT2D eigenvalue weighted by molar-refractivity contribution is 0.142. The fraction of sp³-hybridized carbons (Fsp3) is 0.400. The number of hydrogen-bond donors (Lipinski definition) is 0. The number of nitrogens with zero attached hydrogens (tertiary/aromatic N) is 1. The third-order valence-corrected chi connectivity index (χ3v) is 3.70. The lowest BCUT2D eigenvalue weighted by Crippen LogP contribution is -2.37. The molecule has 2 rings (SSSR count).